The van der Waals surface area contributed by atoms with Crippen LogP contribution in [-0.2, 0) is 32.6 Å². The minimum absolute atomic E-state index is 0.0389. The summed E-state index contributed by atoms with van der Waals surface area (Å²) < 4.78 is 27.7. The van der Waals surface area contributed by atoms with Gasteiger partial charge in [0.1, 0.15) is 6.04 Å². The van der Waals surface area contributed by atoms with E-state index in [-0.39, 0.29) is 23.8 Å². The van der Waals surface area contributed by atoms with Crippen LogP contribution in [0.3, 0.4) is 0 Å². The zero-order valence-corrected chi connectivity index (χ0v) is 16.1. The summed E-state index contributed by atoms with van der Waals surface area (Å²) in [7, 11) is -3.92. The summed E-state index contributed by atoms with van der Waals surface area (Å²) in [6, 6.07) is 12.7. The zero-order chi connectivity index (χ0) is 19.9. The van der Waals surface area contributed by atoms with Crippen molar-refractivity contribution in [1.29, 1.82) is 0 Å². The molecule has 8 heteroatoms. The molecule has 146 valence electrons. The fourth-order valence-electron chi connectivity index (χ4n) is 3.85. The molecule has 2 aliphatic heterocycles. The van der Waals surface area contributed by atoms with Crippen molar-refractivity contribution < 1.29 is 18.0 Å². The van der Waals surface area contributed by atoms with Gasteiger partial charge in [-0.05, 0) is 48.2 Å². The largest absolute Gasteiger partial charge is 0.368 e. The second-order valence-electron chi connectivity index (χ2n) is 7.08. The molecule has 2 aromatic carbocycles. The van der Waals surface area contributed by atoms with Gasteiger partial charge in [0, 0.05) is 25.2 Å². The summed E-state index contributed by atoms with van der Waals surface area (Å²) in [6.07, 6.45) is 1.56. The summed E-state index contributed by atoms with van der Waals surface area (Å²) in [5.41, 5.74) is 7.99. The van der Waals surface area contributed by atoms with Crippen molar-refractivity contribution in [2.45, 2.75) is 36.7 Å². The van der Waals surface area contributed by atoms with E-state index >= 15 is 0 Å². The van der Waals surface area contributed by atoms with Crippen LogP contribution in [0.25, 0.3) is 0 Å². The predicted octanol–water partition coefficient (Wildman–Crippen LogP) is 1.41. The molecule has 28 heavy (non-hydrogen) atoms. The Kier molecular flexibility index (Phi) is 4.68. The third-order valence-corrected chi connectivity index (χ3v) is 7.23. The van der Waals surface area contributed by atoms with Crippen LogP contribution in [-0.4, -0.2) is 37.1 Å². The molecule has 4 rings (SSSR count). The van der Waals surface area contributed by atoms with Crippen molar-refractivity contribution in [3.63, 3.8) is 0 Å². The number of nitrogens with zero attached hydrogens (tertiary/aromatic N) is 2. The first-order chi connectivity index (χ1) is 13.4. The van der Waals surface area contributed by atoms with Gasteiger partial charge in [-0.2, -0.15) is 4.31 Å². The number of carbonyl (C=O) groups is 2. The van der Waals surface area contributed by atoms with Gasteiger partial charge in [-0.15, -0.1) is 0 Å². The summed E-state index contributed by atoms with van der Waals surface area (Å²) in [5, 5.41) is 0. The molecule has 7 nitrogen and oxygen atoms in total. The Hall–Kier alpha value is -2.71. The average Bonchev–Trinajstić information content (AvgIpc) is 3.13. The summed E-state index contributed by atoms with van der Waals surface area (Å²) >= 11 is 0. The Balaban J connectivity index is 1.67. The maximum atomic E-state index is 13.2. The lowest BCUT2D eigenvalue weighted by molar-refractivity contribution is -0.122. The van der Waals surface area contributed by atoms with Crippen molar-refractivity contribution in [1.82, 2.24) is 4.31 Å². The molecule has 2 aromatic rings. The lowest BCUT2D eigenvalue weighted by Crippen LogP contribution is -2.51. The second kappa shape index (κ2) is 7.03. The molecule has 0 spiro atoms. The number of benzene rings is 2. The molecule has 0 bridgehead atoms. The van der Waals surface area contributed by atoms with Crippen LogP contribution in [0.4, 0.5) is 5.69 Å². The molecule has 1 saturated heterocycles. The number of fused-ring (bicyclic) bond motifs is 1. The highest BCUT2D eigenvalue weighted by atomic mass is 32.2. The Labute approximate surface area is 163 Å². The fraction of sp³-hybridized carbons (Fsp3) is 0.300. The number of sulfonamides is 1. The number of hydrogen-bond donors (Lipinski definition) is 1. The van der Waals surface area contributed by atoms with Gasteiger partial charge in [-0.1, -0.05) is 24.3 Å². The van der Waals surface area contributed by atoms with E-state index in [0.29, 0.717) is 18.7 Å². The highest BCUT2D eigenvalue weighted by Crippen LogP contribution is 2.30. The molecule has 2 heterocycles. The number of primary amides is 1. The normalized spacial score (nSPS) is 20.2. The molecule has 0 radical (unpaired) electrons. The highest BCUT2D eigenvalue weighted by Gasteiger charge is 2.38. The van der Waals surface area contributed by atoms with Gasteiger partial charge in [0.05, 0.1) is 4.90 Å². The van der Waals surface area contributed by atoms with Crippen molar-refractivity contribution in [3.8, 4) is 0 Å². The Morgan fingerprint density at radius 3 is 2.32 bits per heavy atom. The van der Waals surface area contributed by atoms with Crippen LogP contribution in [0, 0.1) is 0 Å². The lowest BCUT2D eigenvalue weighted by Gasteiger charge is -2.34. The first-order valence-corrected chi connectivity index (χ1v) is 10.6. The molecule has 0 aliphatic carbocycles. The van der Waals surface area contributed by atoms with Gasteiger partial charge in [-0.3, -0.25) is 9.59 Å². The smallest absolute Gasteiger partial charge is 0.244 e. The number of amides is 2. The van der Waals surface area contributed by atoms with Crippen LogP contribution in [0.15, 0.2) is 53.4 Å². The minimum Gasteiger partial charge on any atom is -0.368 e. The Morgan fingerprint density at radius 2 is 1.71 bits per heavy atom. The summed E-state index contributed by atoms with van der Waals surface area (Å²) in [4.78, 5) is 25.6. The van der Waals surface area contributed by atoms with E-state index in [4.69, 9.17) is 5.73 Å². The van der Waals surface area contributed by atoms with Gasteiger partial charge in [0.25, 0.3) is 0 Å². The first-order valence-electron chi connectivity index (χ1n) is 9.16. The van der Waals surface area contributed by atoms with Gasteiger partial charge >= 0.3 is 0 Å². The van der Waals surface area contributed by atoms with Crippen LogP contribution >= 0.6 is 0 Å². The Morgan fingerprint density at radius 1 is 1.04 bits per heavy atom. The molecule has 1 atom stereocenters. The monoisotopic (exact) mass is 399 g/mol. The maximum Gasteiger partial charge on any atom is 0.244 e. The minimum atomic E-state index is -3.92. The van der Waals surface area contributed by atoms with E-state index in [9.17, 15) is 18.0 Å². The topological polar surface area (TPSA) is 101 Å². The van der Waals surface area contributed by atoms with Crippen molar-refractivity contribution in [2.24, 2.45) is 5.73 Å². The summed E-state index contributed by atoms with van der Waals surface area (Å²) in [6.45, 7) is 0.732. The number of anilines is 1. The van der Waals surface area contributed by atoms with Crippen molar-refractivity contribution in [3.05, 3.63) is 59.7 Å². The van der Waals surface area contributed by atoms with Gasteiger partial charge in [0.2, 0.25) is 21.8 Å². The van der Waals surface area contributed by atoms with E-state index in [2.05, 4.69) is 0 Å². The van der Waals surface area contributed by atoms with Gasteiger partial charge in [0.15, 0.2) is 0 Å². The molecular formula is C20H21N3O4S. The number of hydrogen-bond acceptors (Lipinski definition) is 4. The van der Waals surface area contributed by atoms with Crippen molar-refractivity contribution >= 4 is 27.5 Å². The lowest BCUT2D eigenvalue weighted by atomic mass is 9.96. The van der Waals surface area contributed by atoms with E-state index in [1.165, 1.54) is 16.4 Å². The SMILES string of the molecule is NC(=O)C1Cc2ccccc2CN1S(=O)(=O)c1ccc(N2CCCC2=O)cc1. The predicted molar refractivity (Wildman–Crippen MR) is 104 cm³/mol. The van der Waals surface area contributed by atoms with Crippen LogP contribution in [0.1, 0.15) is 24.0 Å². The number of carbonyl (C=O) groups excluding carboxylic acids is 2. The van der Waals surface area contributed by atoms with Crippen LogP contribution in [0.2, 0.25) is 0 Å². The quantitative estimate of drug-likeness (QED) is 0.840. The summed E-state index contributed by atoms with van der Waals surface area (Å²) in [5.74, 6) is -0.630. The van der Waals surface area contributed by atoms with E-state index in [0.717, 1.165) is 17.5 Å². The van der Waals surface area contributed by atoms with Gasteiger partial charge < -0.3 is 10.6 Å². The second-order valence-corrected chi connectivity index (χ2v) is 8.97. The molecule has 2 N–H and O–H groups in total. The Bertz CT molecular complexity index is 1030. The fourth-order valence-corrected chi connectivity index (χ4v) is 5.42. The third kappa shape index (κ3) is 3.18. The standard InChI is InChI=1S/C20H21N3O4S/c21-20(25)18-12-14-4-1-2-5-15(14)13-23(18)28(26,27)17-9-7-16(8-10-17)22-11-3-6-19(22)24/h1-2,4-5,7-10,18H,3,6,11-13H2,(H2,21,25). The van der Waals surface area contributed by atoms with E-state index < -0.39 is 22.0 Å². The molecule has 0 aromatic heterocycles. The molecular weight excluding hydrogens is 378 g/mol. The third-order valence-electron chi connectivity index (χ3n) is 5.36. The number of rotatable bonds is 4. The molecule has 2 aliphatic rings. The van der Waals surface area contributed by atoms with Gasteiger partial charge in [-0.25, -0.2) is 8.42 Å². The zero-order valence-electron chi connectivity index (χ0n) is 15.2. The highest BCUT2D eigenvalue weighted by molar-refractivity contribution is 7.89. The first kappa shape index (κ1) is 18.6. The maximum absolute atomic E-state index is 13.2. The van der Waals surface area contributed by atoms with Crippen LogP contribution in [0.5, 0.6) is 0 Å². The molecule has 0 saturated carbocycles. The molecule has 1 unspecified atom stereocenters. The molecule has 1 fully saturated rings. The van der Waals surface area contributed by atoms with Crippen molar-refractivity contribution in [2.75, 3.05) is 11.4 Å². The average molecular weight is 399 g/mol. The number of nitrogens with two attached hydrogens (primary N) is 1. The molecule has 2 amide bonds. The van der Waals surface area contributed by atoms with E-state index in [1.807, 2.05) is 24.3 Å². The van der Waals surface area contributed by atoms with Crippen LogP contribution < -0.4 is 10.6 Å². The van der Waals surface area contributed by atoms with E-state index in [1.54, 1.807) is 17.0 Å².